The molecule has 1 heterocycles. The number of anilines is 1. The first-order valence-corrected chi connectivity index (χ1v) is 7.49. The highest BCUT2D eigenvalue weighted by Gasteiger charge is 2.09. The number of hydrogen-bond donors (Lipinski definition) is 3. The second-order valence-corrected chi connectivity index (χ2v) is 5.43. The van der Waals surface area contributed by atoms with Crippen molar-refractivity contribution < 1.29 is 14.9 Å². The van der Waals surface area contributed by atoms with E-state index in [1.165, 1.54) is 12.1 Å². The summed E-state index contributed by atoms with van der Waals surface area (Å²) in [5.74, 6) is 1.24. The molecule has 24 heavy (non-hydrogen) atoms. The molecule has 6 heteroatoms. The Labute approximate surface area is 140 Å². The molecule has 0 atom stereocenters. The molecule has 0 amide bonds. The van der Waals surface area contributed by atoms with Crippen molar-refractivity contribution in [3.63, 3.8) is 0 Å². The average molecular weight is 325 g/mol. The van der Waals surface area contributed by atoms with Gasteiger partial charge in [0.2, 0.25) is 5.95 Å². The number of benzene rings is 2. The first-order chi connectivity index (χ1) is 11.6. The number of phenolic OH excluding ortho intramolecular Hbond substituents is 2. The largest absolute Gasteiger partial charge is 0.504 e. The molecule has 0 saturated carbocycles. The molecule has 0 spiro atoms. The summed E-state index contributed by atoms with van der Waals surface area (Å²) in [7, 11) is 3.57. The molecular formula is C18H19N3O3. The highest BCUT2D eigenvalue weighted by molar-refractivity contribution is 5.63. The van der Waals surface area contributed by atoms with Crippen molar-refractivity contribution in [3.8, 4) is 28.5 Å². The number of rotatable bonds is 5. The lowest BCUT2D eigenvalue weighted by Crippen LogP contribution is -2.05. The zero-order valence-corrected chi connectivity index (χ0v) is 13.5. The average Bonchev–Trinajstić information content (AvgIpc) is 2.97. The number of nitrogens with zero attached hydrogens (tertiary/aromatic N) is 2. The summed E-state index contributed by atoms with van der Waals surface area (Å²) in [4.78, 5) is 4.40. The van der Waals surface area contributed by atoms with Crippen LogP contribution in [-0.4, -0.2) is 26.9 Å². The Morgan fingerprint density at radius 2 is 1.96 bits per heavy atom. The molecule has 3 N–H and O–H groups in total. The highest BCUT2D eigenvalue weighted by Crippen LogP contribution is 2.27. The van der Waals surface area contributed by atoms with Crippen LogP contribution in [0.4, 0.5) is 5.95 Å². The number of methoxy groups -OCH3 is 1. The van der Waals surface area contributed by atoms with E-state index in [0.717, 1.165) is 22.6 Å². The van der Waals surface area contributed by atoms with Crippen LogP contribution in [0.3, 0.4) is 0 Å². The molecule has 1 aromatic heterocycles. The van der Waals surface area contributed by atoms with Crippen LogP contribution in [0.1, 0.15) is 5.56 Å². The molecule has 0 saturated heterocycles. The lowest BCUT2D eigenvalue weighted by Gasteiger charge is -2.10. The third-order valence-corrected chi connectivity index (χ3v) is 3.84. The first kappa shape index (κ1) is 15.7. The third kappa shape index (κ3) is 3.12. The van der Waals surface area contributed by atoms with Crippen molar-refractivity contribution in [1.82, 2.24) is 9.55 Å². The summed E-state index contributed by atoms with van der Waals surface area (Å²) in [6, 6.07) is 12.5. The molecule has 0 aliphatic carbocycles. The number of aromatic hydroxyl groups is 2. The van der Waals surface area contributed by atoms with E-state index in [4.69, 9.17) is 4.74 Å². The van der Waals surface area contributed by atoms with Crippen LogP contribution in [0.25, 0.3) is 11.3 Å². The molecule has 3 rings (SSSR count). The van der Waals surface area contributed by atoms with E-state index in [1.54, 1.807) is 19.4 Å². The van der Waals surface area contributed by atoms with Gasteiger partial charge in [0, 0.05) is 19.2 Å². The fourth-order valence-electron chi connectivity index (χ4n) is 2.48. The standard InChI is InChI=1S/C18H19N3O3/c1-21-15(13-4-3-5-14(9-13)24-2)11-20-18(21)19-10-12-6-7-16(22)17(23)8-12/h3-9,11,22-23H,10H2,1-2H3,(H,19,20). The SMILES string of the molecule is COc1cccc(-c2cnc(NCc3ccc(O)c(O)c3)n2C)c1. The maximum Gasteiger partial charge on any atom is 0.203 e. The van der Waals surface area contributed by atoms with E-state index >= 15 is 0 Å². The molecule has 124 valence electrons. The van der Waals surface area contributed by atoms with Gasteiger partial charge in [-0.25, -0.2) is 4.98 Å². The fourth-order valence-corrected chi connectivity index (χ4v) is 2.48. The van der Waals surface area contributed by atoms with Gasteiger partial charge < -0.3 is 24.8 Å². The van der Waals surface area contributed by atoms with Crippen LogP contribution in [0.15, 0.2) is 48.7 Å². The monoisotopic (exact) mass is 325 g/mol. The van der Waals surface area contributed by atoms with Gasteiger partial charge in [0.25, 0.3) is 0 Å². The molecule has 6 nitrogen and oxygen atoms in total. The third-order valence-electron chi connectivity index (χ3n) is 3.84. The summed E-state index contributed by atoms with van der Waals surface area (Å²) in [6.45, 7) is 0.482. The van der Waals surface area contributed by atoms with E-state index < -0.39 is 0 Å². The number of hydrogen-bond acceptors (Lipinski definition) is 5. The summed E-state index contributed by atoms with van der Waals surface area (Å²) in [5, 5.41) is 22.1. The minimum Gasteiger partial charge on any atom is -0.504 e. The Morgan fingerprint density at radius 3 is 2.71 bits per heavy atom. The van der Waals surface area contributed by atoms with Crippen molar-refractivity contribution in [2.24, 2.45) is 7.05 Å². The Balaban J connectivity index is 1.78. The quantitative estimate of drug-likeness (QED) is 0.628. The van der Waals surface area contributed by atoms with E-state index in [9.17, 15) is 10.2 Å². The lowest BCUT2D eigenvalue weighted by atomic mass is 10.1. The first-order valence-electron chi connectivity index (χ1n) is 7.49. The lowest BCUT2D eigenvalue weighted by molar-refractivity contribution is 0.403. The Hall–Kier alpha value is -3.15. The van der Waals surface area contributed by atoms with Crippen molar-refractivity contribution in [3.05, 3.63) is 54.2 Å². The van der Waals surface area contributed by atoms with Crippen LogP contribution in [0, 0.1) is 0 Å². The predicted molar refractivity (Wildman–Crippen MR) is 92.3 cm³/mol. The van der Waals surface area contributed by atoms with Crippen molar-refractivity contribution in [2.45, 2.75) is 6.54 Å². The van der Waals surface area contributed by atoms with Gasteiger partial charge in [0.05, 0.1) is 19.0 Å². The number of ether oxygens (including phenoxy) is 1. The Morgan fingerprint density at radius 1 is 1.12 bits per heavy atom. The van der Waals surface area contributed by atoms with Gasteiger partial charge in [0.15, 0.2) is 11.5 Å². The summed E-state index contributed by atoms with van der Waals surface area (Å²) in [6.07, 6.45) is 1.80. The van der Waals surface area contributed by atoms with Gasteiger partial charge in [-0.1, -0.05) is 18.2 Å². The molecule has 0 bridgehead atoms. The van der Waals surface area contributed by atoms with Crippen LogP contribution in [0.2, 0.25) is 0 Å². The zero-order chi connectivity index (χ0) is 17.1. The van der Waals surface area contributed by atoms with Gasteiger partial charge in [-0.15, -0.1) is 0 Å². The fraction of sp³-hybridized carbons (Fsp3) is 0.167. The van der Waals surface area contributed by atoms with Gasteiger partial charge in [-0.05, 0) is 29.8 Å². The van der Waals surface area contributed by atoms with E-state index in [-0.39, 0.29) is 11.5 Å². The van der Waals surface area contributed by atoms with Gasteiger partial charge >= 0.3 is 0 Å². The molecule has 0 unspecified atom stereocenters. The number of phenols is 2. The highest BCUT2D eigenvalue weighted by atomic mass is 16.5. The number of aromatic nitrogens is 2. The second kappa shape index (κ2) is 6.54. The van der Waals surface area contributed by atoms with Crippen molar-refractivity contribution in [2.75, 3.05) is 12.4 Å². The smallest absolute Gasteiger partial charge is 0.203 e. The topological polar surface area (TPSA) is 79.5 Å². The normalized spacial score (nSPS) is 10.6. The summed E-state index contributed by atoms with van der Waals surface area (Å²) < 4.78 is 7.21. The maximum absolute atomic E-state index is 9.54. The van der Waals surface area contributed by atoms with E-state index in [2.05, 4.69) is 10.3 Å². The van der Waals surface area contributed by atoms with Gasteiger partial charge in [0.1, 0.15) is 5.75 Å². The molecule has 0 aliphatic rings. The van der Waals surface area contributed by atoms with E-state index in [1.807, 2.05) is 35.9 Å². The minimum atomic E-state index is -0.133. The second-order valence-electron chi connectivity index (χ2n) is 5.43. The molecule has 3 aromatic rings. The molecule has 0 fully saturated rings. The molecule has 2 aromatic carbocycles. The number of nitrogens with one attached hydrogen (secondary N) is 1. The Kier molecular flexibility index (Phi) is 4.29. The zero-order valence-electron chi connectivity index (χ0n) is 13.5. The predicted octanol–water partition coefficient (Wildman–Crippen LogP) is 3.12. The van der Waals surface area contributed by atoms with Crippen molar-refractivity contribution in [1.29, 1.82) is 0 Å². The molecule has 0 aliphatic heterocycles. The Bertz CT molecular complexity index is 858. The van der Waals surface area contributed by atoms with Gasteiger partial charge in [-0.3, -0.25) is 0 Å². The maximum atomic E-state index is 9.54. The van der Waals surface area contributed by atoms with E-state index in [0.29, 0.717) is 12.5 Å². The summed E-state index contributed by atoms with van der Waals surface area (Å²) in [5.41, 5.74) is 2.82. The van der Waals surface area contributed by atoms with Crippen molar-refractivity contribution >= 4 is 5.95 Å². The van der Waals surface area contributed by atoms with Crippen LogP contribution in [0.5, 0.6) is 17.2 Å². The minimum absolute atomic E-state index is 0.129. The molecule has 0 radical (unpaired) electrons. The molecular weight excluding hydrogens is 306 g/mol. The van der Waals surface area contributed by atoms with Gasteiger partial charge in [-0.2, -0.15) is 0 Å². The van der Waals surface area contributed by atoms with Crippen LogP contribution < -0.4 is 10.1 Å². The number of imidazole rings is 1. The van der Waals surface area contributed by atoms with Crippen LogP contribution >= 0.6 is 0 Å². The summed E-state index contributed by atoms with van der Waals surface area (Å²) >= 11 is 0. The van der Waals surface area contributed by atoms with Crippen LogP contribution in [-0.2, 0) is 13.6 Å².